The molecule has 0 saturated heterocycles. The summed E-state index contributed by atoms with van der Waals surface area (Å²) >= 11 is 0. The molecule has 1 aromatic rings. The molecule has 2 rings (SSSR count). The van der Waals surface area contributed by atoms with Crippen LogP contribution in [0.4, 0.5) is 0 Å². The van der Waals surface area contributed by atoms with Gasteiger partial charge in [0.1, 0.15) is 17.5 Å². The highest BCUT2D eigenvalue weighted by Crippen LogP contribution is 2.81. The number of hydrogen-bond acceptors (Lipinski definition) is 11. The van der Waals surface area contributed by atoms with Crippen molar-refractivity contribution in [2.24, 2.45) is 10.2 Å². The number of nitrogens with zero attached hydrogens (tertiary/aromatic N) is 2. The normalized spacial score (nSPS) is 17.8. The summed E-state index contributed by atoms with van der Waals surface area (Å²) in [5.74, 6) is 0.349. The van der Waals surface area contributed by atoms with Crippen LogP contribution in [-0.2, 0) is 27.2 Å². The van der Waals surface area contributed by atoms with Crippen molar-refractivity contribution in [1.29, 1.82) is 0 Å². The first-order valence-corrected chi connectivity index (χ1v) is 13.8. The summed E-state index contributed by atoms with van der Waals surface area (Å²) in [6.07, 6.45) is -0.347. The maximum absolute atomic E-state index is 14.0. The van der Waals surface area contributed by atoms with Crippen LogP contribution in [0.15, 0.2) is 28.4 Å². The standard InChI is InChI=1S/C20H32N2O9P2/c1-7-28-32(24,29-8-2)20(33(25,30-9-3)31-10-4)14-18(21-22-20)19(23)15-11-16(26-5)13-17(12-15)27-6/h11-13,18H,7-10,14H2,1-6H3. The fraction of sp³-hybridized carbons (Fsp3) is 0.650. The van der Waals surface area contributed by atoms with Gasteiger partial charge >= 0.3 is 15.2 Å². The highest BCUT2D eigenvalue weighted by Gasteiger charge is 2.69. The summed E-state index contributed by atoms with van der Waals surface area (Å²) in [5.41, 5.74) is 0.233. The molecule has 0 aliphatic carbocycles. The molecule has 1 unspecified atom stereocenters. The van der Waals surface area contributed by atoms with Crippen LogP contribution in [-0.4, -0.2) is 57.5 Å². The van der Waals surface area contributed by atoms with Crippen molar-refractivity contribution >= 4 is 21.0 Å². The van der Waals surface area contributed by atoms with Gasteiger partial charge in [-0.3, -0.25) is 13.9 Å². The molecule has 0 radical (unpaired) electrons. The van der Waals surface area contributed by atoms with E-state index in [0.717, 1.165) is 0 Å². The number of carbonyl (C=O) groups excluding carboxylic acids is 1. The molecule has 1 aliphatic heterocycles. The Bertz CT molecular complexity index is 881. The molecule has 11 nitrogen and oxygen atoms in total. The lowest BCUT2D eigenvalue weighted by Gasteiger charge is -2.36. The molecule has 0 saturated carbocycles. The maximum atomic E-state index is 14.0. The van der Waals surface area contributed by atoms with Crippen molar-refractivity contribution in [3.05, 3.63) is 23.8 Å². The van der Waals surface area contributed by atoms with E-state index in [2.05, 4.69) is 10.2 Å². The highest BCUT2D eigenvalue weighted by atomic mass is 31.2. The Morgan fingerprint density at radius 3 is 1.67 bits per heavy atom. The Kier molecular flexibility index (Phi) is 9.79. The van der Waals surface area contributed by atoms with Gasteiger partial charge in [0.05, 0.1) is 40.6 Å². The quantitative estimate of drug-likeness (QED) is 0.244. The molecule has 1 aliphatic rings. The average Bonchev–Trinajstić information content (AvgIpc) is 3.27. The lowest BCUT2D eigenvalue weighted by molar-refractivity contribution is 0.0959. The van der Waals surface area contributed by atoms with Gasteiger partial charge in [-0.05, 0) is 39.8 Å². The van der Waals surface area contributed by atoms with Gasteiger partial charge in [-0.15, -0.1) is 0 Å². The molecule has 1 heterocycles. The van der Waals surface area contributed by atoms with E-state index in [-0.39, 0.29) is 38.4 Å². The summed E-state index contributed by atoms with van der Waals surface area (Å²) in [5, 5.41) is 6.06. The Balaban J connectivity index is 2.58. The fourth-order valence-corrected chi connectivity index (χ4v) is 8.79. The predicted octanol–water partition coefficient (Wildman–Crippen LogP) is 5.30. The first kappa shape index (κ1) is 27.6. The Labute approximate surface area is 194 Å². The molecule has 0 amide bonds. The molecule has 0 spiro atoms. The van der Waals surface area contributed by atoms with Crippen LogP contribution in [0.2, 0.25) is 0 Å². The van der Waals surface area contributed by atoms with Gasteiger partial charge in [-0.2, -0.15) is 10.2 Å². The van der Waals surface area contributed by atoms with Crippen LogP contribution in [0.3, 0.4) is 0 Å². The van der Waals surface area contributed by atoms with Crippen LogP contribution in [0.1, 0.15) is 44.5 Å². The third-order valence-corrected chi connectivity index (χ3v) is 11.0. The third-order valence-electron chi connectivity index (χ3n) is 4.84. The van der Waals surface area contributed by atoms with E-state index < -0.39 is 32.0 Å². The highest BCUT2D eigenvalue weighted by molar-refractivity contribution is 7.74. The average molecular weight is 506 g/mol. The number of Topliss-reactive ketones (excluding diaryl/α,β-unsaturated/α-hetero) is 1. The number of azo groups is 1. The van der Waals surface area contributed by atoms with Crippen LogP contribution in [0.25, 0.3) is 0 Å². The number of rotatable bonds is 14. The second-order valence-electron chi connectivity index (χ2n) is 6.84. The SMILES string of the molecule is CCOP(=O)(OCC)C1(P(=O)(OCC)OCC)CC(C(=O)c2cc(OC)cc(OC)c2)N=N1. The molecule has 13 heteroatoms. The first-order valence-electron chi connectivity index (χ1n) is 10.7. The van der Waals surface area contributed by atoms with Gasteiger partial charge in [-0.25, -0.2) is 0 Å². The zero-order valence-corrected chi connectivity index (χ0v) is 21.6. The van der Waals surface area contributed by atoms with Crippen LogP contribution < -0.4 is 9.47 Å². The lowest BCUT2D eigenvalue weighted by Crippen LogP contribution is -2.33. The first-order chi connectivity index (χ1) is 15.7. The summed E-state index contributed by atoms with van der Waals surface area (Å²) in [6.45, 7) is 6.39. The number of carbonyl (C=O) groups is 1. The van der Waals surface area contributed by atoms with Crippen LogP contribution in [0.5, 0.6) is 11.5 Å². The zero-order valence-electron chi connectivity index (χ0n) is 19.8. The molecular weight excluding hydrogens is 474 g/mol. The van der Waals surface area contributed by atoms with Gasteiger partial charge in [0.2, 0.25) is 0 Å². The Morgan fingerprint density at radius 1 is 0.879 bits per heavy atom. The molecule has 0 aromatic heterocycles. The van der Waals surface area contributed by atoms with E-state index in [1.54, 1.807) is 33.8 Å². The van der Waals surface area contributed by atoms with Gasteiger partial charge in [0.15, 0.2) is 5.78 Å². The van der Waals surface area contributed by atoms with Gasteiger partial charge in [0.25, 0.3) is 5.02 Å². The Hall–Kier alpha value is -1.61. The van der Waals surface area contributed by atoms with Crippen molar-refractivity contribution in [3.8, 4) is 11.5 Å². The van der Waals surface area contributed by atoms with E-state index in [0.29, 0.717) is 11.5 Å². The number of ketones is 1. The summed E-state index contributed by atoms with van der Waals surface area (Å²) in [6, 6.07) is 3.53. The van der Waals surface area contributed by atoms with E-state index in [1.807, 2.05) is 0 Å². The molecule has 186 valence electrons. The largest absolute Gasteiger partial charge is 0.497 e. The monoisotopic (exact) mass is 506 g/mol. The Morgan fingerprint density at radius 2 is 1.30 bits per heavy atom. The van der Waals surface area contributed by atoms with E-state index in [4.69, 9.17) is 27.6 Å². The van der Waals surface area contributed by atoms with Gasteiger partial charge in [0, 0.05) is 18.1 Å². The molecule has 0 N–H and O–H groups in total. The van der Waals surface area contributed by atoms with Crippen LogP contribution in [0, 0.1) is 0 Å². The number of ether oxygens (including phenoxy) is 2. The number of benzene rings is 1. The lowest BCUT2D eigenvalue weighted by atomic mass is 10.0. The molecule has 0 fully saturated rings. The second kappa shape index (κ2) is 11.7. The molecule has 0 bridgehead atoms. The van der Waals surface area contributed by atoms with Crippen LogP contribution >= 0.6 is 15.2 Å². The molecule has 33 heavy (non-hydrogen) atoms. The minimum absolute atomic E-state index is 0.0154. The maximum Gasteiger partial charge on any atom is 0.372 e. The third kappa shape index (κ3) is 5.39. The van der Waals surface area contributed by atoms with Gasteiger partial charge in [-0.1, -0.05) is 0 Å². The number of hydrogen-bond donors (Lipinski definition) is 0. The minimum Gasteiger partial charge on any atom is -0.497 e. The van der Waals surface area contributed by atoms with E-state index in [1.165, 1.54) is 26.4 Å². The predicted molar refractivity (Wildman–Crippen MR) is 122 cm³/mol. The molecule has 1 atom stereocenters. The van der Waals surface area contributed by atoms with Crippen molar-refractivity contribution in [1.82, 2.24) is 0 Å². The van der Waals surface area contributed by atoms with Gasteiger partial charge < -0.3 is 27.6 Å². The van der Waals surface area contributed by atoms with Crippen molar-refractivity contribution in [2.75, 3.05) is 40.6 Å². The van der Waals surface area contributed by atoms with Crippen molar-refractivity contribution in [3.63, 3.8) is 0 Å². The summed E-state index contributed by atoms with van der Waals surface area (Å²) in [4.78, 5) is 13.3. The van der Waals surface area contributed by atoms with E-state index in [9.17, 15) is 13.9 Å². The zero-order chi connectivity index (χ0) is 24.7. The summed E-state index contributed by atoms with van der Waals surface area (Å²) < 4.78 is 60.4. The topological polar surface area (TPSA) is 131 Å². The fourth-order valence-electron chi connectivity index (χ4n) is 3.44. The minimum atomic E-state index is -4.25. The van der Waals surface area contributed by atoms with E-state index >= 15 is 0 Å². The molecule has 1 aromatic carbocycles. The summed E-state index contributed by atoms with van der Waals surface area (Å²) in [7, 11) is -5.58. The number of methoxy groups -OCH3 is 2. The van der Waals surface area contributed by atoms with Crippen molar-refractivity contribution < 1.29 is 41.5 Å². The molecular formula is C20H32N2O9P2. The second-order valence-corrected chi connectivity index (χ2v) is 11.7. The van der Waals surface area contributed by atoms with Crippen molar-refractivity contribution in [2.45, 2.75) is 45.2 Å². The smallest absolute Gasteiger partial charge is 0.372 e.